The van der Waals surface area contributed by atoms with Gasteiger partial charge in [-0.05, 0) is 19.4 Å². The molecular weight excluding hydrogens is 192 g/mol. The van der Waals surface area contributed by atoms with Crippen molar-refractivity contribution >= 4 is 0 Å². The van der Waals surface area contributed by atoms with Gasteiger partial charge in [0.15, 0.2) is 5.82 Å². The maximum atomic E-state index is 8.39. The minimum Gasteiger partial charge on any atom is -0.340 e. The lowest BCUT2D eigenvalue weighted by Gasteiger charge is -2.11. The average molecular weight is 208 g/mol. The van der Waals surface area contributed by atoms with Crippen LogP contribution < -0.4 is 5.32 Å². The summed E-state index contributed by atoms with van der Waals surface area (Å²) < 4.78 is 4.92. The van der Waals surface area contributed by atoms with Crippen LogP contribution in [0.1, 0.15) is 43.9 Å². The van der Waals surface area contributed by atoms with Crippen LogP contribution in [-0.2, 0) is 0 Å². The Morgan fingerprint density at radius 2 is 2.40 bits per heavy atom. The zero-order valence-electron chi connectivity index (χ0n) is 9.16. The molecule has 1 aromatic heterocycles. The van der Waals surface area contributed by atoms with Gasteiger partial charge in [0.05, 0.1) is 12.1 Å². The van der Waals surface area contributed by atoms with Crippen LogP contribution in [0.25, 0.3) is 0 Å². The van der Waals surface area contributed by atoms with E-state index >= 15 is 0 Å². The minimum absolute atomic E-state index is 0.126. The van der Waals surface area contributed by atoms with Gasteiger partial charge in [0.2, 0.25) is 5.89 Å². The van der Waals surface area contributed by atoms with Crippen molar-refractivity contribution in [2.24, 2.45) is 0 Å². The molecule has 1 atom stereocenters. The van der Waals surface area contributed by atoms with E-state index < -0.39 is 0 Å². The van der Waals surface area contributed by atoms with Crippen LogP contribution in [0.3, 0.4) is 0 Å². The third-order valence-electron chi connectivity index (χ3n) is 2.12. The Labute approximate surface area is 89.5 Å². The fraction of sp³-hybridized carbons (Fsp3) is 0.700. The molecule has 0 saturated heterocycles. The summed E-state index contributed by atoms with van der Waals surface area (Å²) >= 11 is 0. The summed E-state index contributed by atoms with van der Waals surface area (Å²) in [5.74, 6) is 1.29. The van der Waals surface area contributed by atoms with E-state index in [1.54, 1.807) is 6.92 Å². The van der Waals surface area contributed by atoms with Gasteiger partial charge in [-0.3, -0.25) is 0 Å². The molecule has 5 heteroatoms. The number of aromatic nitrogens is 2. The third-order valence-corrected chi connectivity index (χ3v) is 2.12. The van der Waals surface area contributed by atoms with Gasteiger partial charge < -0.3 is 9.84 Å². The fourth-order valence-electron chi connectivity index (χ4n) is 1.32. The maximum Gasteiger partial charge on any atom is 0.223 e. The zero-order chi connectivity index (χ0) is 11.1. The molecule has 82 valence electrons. The van der Waals surface area contributed by atoms with E-state index in [0.717, 1.165) is 19.4 Å². The van der Waals surface area contributed by atoms with E-state index in [1.807, 2.05) is 0 Å². The molecule has 0 bridgehead atoms. The molecule has 1 heterocycles. The molecule has 1 unspecified atom stereocenters. The second-order valence-corrected chi connectivity index (χ2v) is 3.35. The van der Waals surface area contributed by atoms with E-state index in [4.69, 9.17) is 9.78 Å². The molecule has 0 aliphatic rings. The molecule has 1 rings (SSSR count). The van der Waals surface area contributed by atoms with Crippen molar-refractivity contribution in [2.45, 2.75) is 39.2 Å². The zero-order valence-corrected chi connectivity index (χ0v) is 9.16. The van der Waals surface area contributed by atoms with Gasteiger partial charge in [-0.15, -0.1) is 0 Å². The second-order valence-electron chi connectivity index (χ2n) is 3.35. The molecule has 15 heavy (non-hydrogen) atoms. The van der Waals surface area contributed by atoms with Crippen molar-refractivity contribution in [2.75, 3.05) is 6.54 Å². The Balaban J connectivity index is 2.40. The average Bonchev–Trinajstić information content (AvgIpc) is 2.65. The summed E-state index contributed by atoms with van der Waals surface area (Å²) in [6, 6.07) is 2.24. The number of hydrogen-bond donors (Lipinski definition) is 1. The Morgan fingerprint density at radius 1 is 1.60 bits per heavy atom. The van der Waals surface area contributed by atoms with E-state index in [9.17, 15) is 0 Å². The largest absolute Gasteiger partial charge is 0.340 e. The second kappa shape index (κ2) is 6.14. The van der Waals surface area contributed by atoms with Crippen molar-refractivity contribution < 1.29 is 4.52 Å². The molecule has 0 fully saturated rings. The lowest BCUT2D eigenvalue weighted by atomic mass is 10.2. The van der Waals surface area contributed by atoms with Gasteiger partial charge in [0.1, 0.15) is 0 Å². The van der Waals surface area contributed by atoms with Crippen molar-refractivity contribution in [3.63, 3.8) is 0 Å². The van der Waals surface area contributed by atoms with E-state index in [0.29, 0.717) is 18.1 Å². The van der Waals surface area contributed by atoms with Gasteiger partial charge in [0.25, 0.3) is 0 Å². The van der Waals surface area contributed by atoms with Crippen LogP contribution in [0.5, 0.6) is 0 Å². The normalized spacial score (nSPS) is 12.3. The summed E-state index contributed by atoms with van der Waals surface area (Å²) in [6.07, 6.45) is 2.34. The summed E-state index contributed by atoms with van der Waals surface area (Å²) in [5.41, 5.74) is 0. The topological polar surface area (TPSA) is 74.7 Å². The molecule has 1 aromatic rings. The number of nitrogens with one attached hydrogen (secondary N) is 1. The van der Waals surface area contributed by atoms with Crippen LogP contribution in [0.2, 0.25) is 0 Å². The lowest BCUT2D eigenvalue weighted by molar-refractivity contribution is 0.374. The van der Waals surface area contributed by atoms with Crippen molar-refractivity contribution in [1.29, 1.82) is 5.26 Å². The first-order valence-electron chi connectivity index (χ1n) is 5.18. The number of nitriles is 1. The number of nitrogens with zero attached hydrogens (tertiary/aromatic N) is 3. The number of rotatable bonds is 6. The van der Waals surface area contributed by atoms with Crippen LogP contribution in [0.15, 0.2) is 4.52 Å². The van der Waals surface area contributed by atoms with Gasteiger partial charge in [0, 0.05) is 13.3 Å². The first kappa shape index (κ1) is 11.7. The molecule has 0 amide bonds. The van der Waals surface area contributed by atoms with Crippen LogP contribution in [0, 0.1) is 18.3 Å². The Morgan fingerprint density at radius 3 is 2.93 bits per heavy atom. The van der Waals surface area contributed by atoms with Gasteiger partial charge in [-0.25, -0.2) is 0 Å². The Bertz CT molecular complexity index is 328. The van der Waals surface area contributed by atoms with E-state index in [-0.39, 0.29) is 6.04 Å². The standard InChI is InChI=1S/C10H16N4O/c1-3-9(12-7-5-4-6-11)10-13-8(2)15-14-10/h9,12H,3-5,7H2,1-2H3. The molecule has 0 aliphatic heterocycles. The smallest absolute Gasteiger partial charge is 0.223 e. The lowest BCUT2D eigenvalue weighted by Crippen LogP contribution is -2.22. The molecule has 0 aromatic carbocycles. The third kappa shape index (κ3) is 3.68. The van der Waals surface area contributed by atoms with Gasteiger partial charge in [-0.1, -0.05) is 12.1 Å². The highest BCUT2D eigenvalue weighted by molar-refractivity contribution is 4.92. The Kier molecular flexibility index (Phi) is 4.78. The number of hydrogen-bond acceptors (Lipinski definition) is 5. The Hall–Kier alpha value is -1.41. The summed E-state index contributed by atoms with van der Waals surface area (Å²) in [4.78, 5) is 4.18. The maximum absolute atomic E-state index is 8.39. The van der Waals surface area contributed by atoms with Gasteiger partial charge in [-0.2, -0.15) is 10.2 Å². The fourth-order valence-corrected chi connectivity index (χ4v) is 1.32. The molecule has 0 spiro atoms. The molecule has 0 saturated carbocycles. The van der Waals surface area contributed by atoms with Crippen molar-refractivity contribution in [1.82, 2.24) is 15.5 Å². The first-order chi connectivity index (χ1) is 7.27. The predicted octanol–water partition coefficient (Wildman–Crippen LogP) is 1.72. The first-order valence-corrected chi connectivity index (χ1v) is 5.18. The quantitative estimate of drug-likeness (QED) is 0.720. The van der Waals surface area contributed by atoms with Crippen LogP contribution in [-0.4, -0.2) is 16.7 Å². The number of unbranched alkanes of at least 4 members (excludes halogenated alkanes) is 1. The molecule has 0 radical (unpaired) electrons. The molecule has 5 nitrogen and oxygen atoms in total. The molecular formula is C10H16N4O. The highest BCUT2D eigenvalue weighted by Gasteiger charge is 2.13. The summed E-state index contributed by atoms with van der Waals surface area (Å²) in [5, 5.41) is 15.6. The highest BCUT2D eigenvalue weighted by atomic mass is 16.5. The van der Waals surface area contributed by atoms with Crippen LogP contribution in [0.4, 0.5) is 0 Å². The van der Waals surface area contributed by atoms with E-state index in [1.165, 1.54) is 0 Å². The monoisotopic (exact) mass is 208 g/mol. The van der Waals surface area contributed by atoms with Gasteiger partial charge >= 0.3 is 0 Å². The SMILES string of the molecule is CCC(NCCCC#N)c1noc(C)n1. The minimum atomic E-state index is 0.126. The van der Waals surface area contributed by atoms with Crippen molar-refractivity contribution in [3.05, 3.63) is 11.7 Å². The molecule has 1 N–H and O–H groups in total. The summed E-state index contributed by atoms with van der Waals surface area (Å²) in [6.45, 7) is 4.65. The van der Waals surface area contributed by atoms with Crippen molar-refractivity contribution in [3.8, 4) is 6.07 Å². The summed E-state index contributed by atoms with van der Waals surface area (Å²) in [7, 11) is 0. The van der Waals surface area contributed by atoms with Crippen LogP contribution >= 0.6 is 0 Å². The van der Waals surface area contributed by atoms with E-state index in [2.05, 4.69) is 28.5 Å². The molecule has 0 aliphatic carbocycles. The predicted molar refractivity (Wildman–Crippen MR) is 54.9 cm³/mol. The highest BCUT2D eigenvalue weighted by Crippen LogP contribution is 2.12. The number of aryl methyl sites for hydroxylation is 1.